The molecule has 1 aliphatic heterocycles. The van der Waals surface area contributed by atoms with E-state index in [4.69, 9.17) is 4.74 Å². The third-order valence-corrected chi connectivity index (χ3v) is 9.42. The zero-order valence-corrected chi connectivity index (χ0v) is 23.3. The lowest BCUT2D eigenvalue weighted by Gasteiger charge is -2.34. The Hall–Kier alpha value is -2.33. The summed E-state index contributed by atoms with van der Waals surface area (Å²) >= 11 is 1.48. The Labute approximate surface area is 217 Å². The summed E-state index contributed by atoms with van der Waals surface area (Å²) in [6, 6.07) is 10.4. The van der Waals surface area contributed by atoms with Gasteiger partial charge in [0.15, 0.2) is 4.80 Å². The zero-order valence-electron chi connectivity index (χ0n) is 21.7. The predicted octanol–water partition coefficient (Wildman–Crippen LogP) is 4.76. The van der Waals surface area contributed by atoms with E-state index in [0.717, 1.165) is 27.8 Å². The summed E-state index contributed by atoms with van der Waals surface area (Å²) < 4.78 is 36.6. The molecule has 0 bridgehead atoms. The summed E-state index contributed by atoms with van der Waals surface area (Å²) in [7, 11) is -3.60. The molecule has 2 heterocycles. The van der Waals surface area contributed by atoms with Gasteiger partial charge in [0.1, 0.15) is 0 Å². The van der Waals surface area contributed by atoms with Gasteiger partial charge in [-0.15, -0.1) is 0 Å². The third kappa shape index (κ3) is 5.64. The Kier molecular flexibility index (Phi) is 8.14. The molecule has 1 aliphatic rings. The maximum Gasteiger partial charge on any atom is 0.279 e. The van der Waals surface area contributed by atoms with E-state index >= 15 is 0 Å². The van der Waals surface area contributed by atoms with E-state index in [1.807, 2.05) is 11.5 Å². The van der Waals surface area contributed by atoms with Crippen LogP contribution in [0.4, 0.5) is 0 Å². The molecule has 9 heteroatoms. The van der Waals surface area contributed by atoms with Gasteiger partial charge in [-0.05, 0) is 80.5 Å². The lowest BCUT2D eigenvalue weighted by atomic mass is 9.94. The van der Waals surface area contributed by atoms with Crippen LogP contribution in [0.1, 0.15) is 48.7 Å². The molecule has 7 nitrogen and oxygen atoms in total. The molecular weight excluding hydrogens is 494 g/mol. The lowest BCUT2D eigenvalue weighted by Crippen LogP contribution is -2.42. The van der Waals surface area contributed by atoms with E-state index in [1.54, 1.807) is 16.4 Å². The molecule has 1 aromatic heterocycles. The first-order valence-corrected chi connectivity index (χ1v) is 14.7. The quantitative estimate of drug-likeness (QED) is 0.413. The van der Waals surface area contributed by atoms with Crippen LogP contribution in [-0.2, 0) is 21.3 Å². The first-order chi connectivity index (χ1) is 17.1. The van der Waals surface area contributed by atoms with Crippen LogP contribution in [0, 0.1) is 25.7 Å². The Morgan fingerprint density at radius 2 is 1.78 bits per heavy atom. The highest BCUT2D eigenvalue weighted by molar-refractivity contribution is 7.89. The molecule has 4 rings (SSSR count). The molecule has 36 heavy (non-hydrogen) atoms. The summed E-state index contributed by atoms with van der Waals surface area (Å²) in [4.78, 5) is 18.4. The normalized spacial score (nSPS) is 19.8. The van der Waals surface area contributed by atoms with Crippen molar-refractivity contribution in [2.75, 3.05) is 26.3 Å². The summed E-state index contributed by atoms with van der Waals surface area (Å²) in [5.41, 5.74) is 3.70. The van der Waals surface area contributed by atoms with Crippen LogP contribution < -0.4 is 4.80 Å². The van der Waals surface area contributed by atoms with Crippen molar-refractivity contribution in [1.29, 1.82) is 0 Å². The number of carbonyl (C=O) groups excluding carboxylic acids is 1. The molecule has 0 aliphatic carbocycles. The molecular formula is C27H35N3O4S2. The maximum absolute atomic E-state index is 13.2. The molecule has 2 atom stereocenters. The number of aryl methyl sites for hydroxylation is 2. The van der Waals surface area contributed by atoms with Gasteiger partial charge >= 0.3 is 0 Å². The number of piperidine rings is 1. The van der Waals surface area contributed by atoms with Gasteiger partial charge in [-0.2, -0.15) is 9.30 Å². The van der Waals surface area contributed by atoms with E-state index in [2.05, 4.69) is 44.8 Å². The van der Waals surface area contributed by atoms with Crippen molar-refractivity contribution in [3.63, 3.8) is 0 Å². The number of ether oxygens (including phenoxy) is 1. The van der Waals surface area contributed by atoms with Gasteiger partial charge in [0.05, 0.1) is 21.7 Å². The van der Waals surface area contributed by atoms with Gasteiger partial charge in [0, 0.05) is 31.8 Å². The molecule has 2 unspecified atom stereocenters. The summed E-state index contributed by atoms with van der Waals surface area (Å²) in [6.45, 7) is 13.0. The number of thiazole rings is 1. The van der Waals surface area contributed by atoms with E-state index in [9.17, 15) is 13.2 Å². The second-order valence-electron chi connectivity index (χ2n) is 9.87. The molecule has 194 valence electrons. The standard InChI is InChI=1S/C27H35N3O4S2/c1-6-34-12-11-30-25-21(5)14-18(2)15-24(25)35-27(30)28-26(31)22-7-9-23(10-8-22)36(32,33)29-16-19(3)13-20(4)17-29/h7-10,14-15,19-20H,6,11-13,16-17H2,1-5H3. The predicted molar refractivity (Wildman–Crippen MR) is 144 cm³/mol. The molecule has 0 N–H and O–H groups in total. The van der Waals surface area contributed by atoms with Gasteiger partial charge in [-0.25, -0.2) is 8.42 Å². The van der Waals surface area contributed by atoms with E-state index in [0.29, 0.717) is 55.0 Å². The lowest BCUT2D eigenvalue weighted by molar-refractivity contribution is 0.0996. The second-order valence-corrected chi connectivity index (χ2v) is 12.8. The average Bonchev–Trinajstić information content (AvgIpc) is 3.15. The highest BCUT2D eigenvalue weighted by Crippen LogP contribution is 2.27. The first kappa shape index (κ1) is 26.7. The SMILES string of the molecule is CCOCCn1c(=NC(=O)c2ccc(S(=O)(=O)N3CC(C)CC(C)C3)cc2)sc2cc(C)cc(C)c21. The van der Waals surface area contributed by atoms with Crippen molar-refractivity contribution in [2.45, 2.75) is 52.5 Å². The molecule has 1 amide bonds. The number of benzene rings is 2. The minimum absolute atomic E-state index is 0.208. The van der Waals surface area contributed by atoms with Crippen LogP contribution in [0.25, 0.3) is 10.2 Å². The third-order valence-electron chi connectivity index (χ3n) is 6.55. The molecule has 1 fully saturated rings. The van der Waals surface area contributed by atoms with Crippen molar-refractivity contribution < 1.29 is 17.9 Å². The Bertz CT molecular complexity index is 1410. The van der Waals surface area contributed by atoms with Crippen LogP contribution in [0.15, 0.2) is 46.3 Å². The highest BCUT2D eigenvalue weighted by atomic mass is 32.2. The molecule has 2 aromatic carbocycles. The minimum atomic E-state index is -3.60. The number of carbonyl (C=O) groups is 1. The second kappa shape index (κ2) is 11.0. The Morgan fingerprint density at radius 1 is 1.11 bits per heavy atom. The van der Waals surface area contributed by atoms with Crippen LogP contribution in [0.5, 0.6) is 0 Å². The van der Waals surface area contributed by atoms with Crippen molar-refractivity contribution in [2.24, 2.45) is 16.8 Å². The number of nitrogens with zero attached hydrogens (tertiary/aromatic N) is 3. The number of hydrogen-bond donors (Lipinski definition) is 0. The number of amides is 1. The monoisotopic (exact) mass is 529 g/mol. The van der Waals surface area contributed by atoms with Gasteiger partial charge in [0.2, 0.25) is 10.0 Å². The van der Waals surface area contributed by atoms with Gasteiger partial charge < -0.3 is 9.30 Å². The van der Waals surface area contributed by atoms with Gasteiger partial charge in [-0.3, -0.25) is 4.79 Å². The fourth-order valence-corrected chi connectivity index (χ4v) is 7.97. The maximum atomic E-state index is 13.2. The summed E-state index contributed by atoms with van der Waals surface area (Å²) in [6.07, 6.45) is 1.03. The molecule has 1 saturated heterocycles. The van der Waals surface area contributed by atoms with E-state index in [1.165, 1.54) is 23.5 Å². The van der Waals surface area contributed by atoms with E-state index in [-0.39, 0.29) is 4.90 Å². The smallest absolute Gasteiger partial charge is 0.279 e. The van der Waals surface area contributed by atoms with Crippen molar-refractivity contribution in [3.8, 4) is 0 Å². The first-order valence-electron chi connectivity index (χ1n) is 12.5. The Balaban J connectivity index is 1.65. The molecule has 3 aromatic rings. The Morgan fingerprint density at radius 3 is 2.42 bits per heavy atom. The highest BCUT2D eigenvalue weighted by Gasteiger charge is 2.31. The fourth-order valence-electron chi connectivity index (χ4n) is 5.06. The fraction of sp³-hybridized carbons (Fsp3) is 0.481. The zero-order chi connectivity index (χ0) is 26.0. The van der Waals surface area contributed by atoms with Crippen molar-refractivity contribution in [3.05, 3.63) is 57.9 Å². The summed E-state index contributed by atoms with van der Waals surface area (Å²) in [5, 5.41) is 0. The number of hydrogen-bond acceptors (Lipinski definition) is 5. The topological polar surface area (TPSA) is 81.0 Å². The van der Waals surface area contributed by atoms with Crippen LogP contribution in [-0.4, -0.2) is 49.5 Å². The number of fused-ring (bicyclic) bond motifs is 1. The average molecular weight is 530 g/mol. The van der Waals surface area contributed by atoms with Crippen LogP contribution >= 0.6 is 11.3 Å². The number of sulfonamides is 1. The van der Waals surface area contributed by atoms with Crippen molar-refractivity contribution >= 4 is 37.5 Å². The van der Waals surface area contributed by atoms with E-state index < -0.39 is 15.9 Å². The van der Waals surface area contributed by atoms with Crippen LogP contribution in [0.3, 0.4) is 0 Å². The molecule has 0 radical (unpaired) electrons. The summed E-state index contributed by atoms with van der Waals surface area (Å²) in [5.74, 6) is 0.253. The molecule has 0 spiro atoms. The van der Waals surface area contributed by atoms with Crippen LogP contribution in [0.2, 0.25) is 0 Å². The number of rotatable bonds is 7. The minimum Gasteiger partial charge on any atom is -0.380 e. The van der Waals surface area contributed by atoms with Crippen molar-refractivity contribution in [1.82, 2.24) is 8.87 Å². The molecule has 0 saturated carbocycles. The van der Waals surface area contributed by atoms with Gasteiger partial charge in [0.25, 0.3) is 5.91 Å². The number of aromatic nitrogens is 1. The van der Waals surface area contributed by atoms with Gasteiger partial charge in [-0.1, -0.05) is 31.3 Å². The largest absolute Gasteiger partial charge is 0.380 e.